The number of phenolic OH excluding ortho intramolecular Hbond substituents is 2. The van der Waals surface area contributed by atoms with Gasteiger partial charge in [0.1, 0.15) is 17.8 Å². The number of rotatable bonds is 1. The zero-order valence-electron chi connectivity index (χ0n) is 13.8. The SMILES string of the molecule is CC(C)(C)OC(=O)N[C@H]1Cc2cc(O)c(O)cc2[N+](C)(C)C1. The molecule has 1 aromatic carbocycles. The number of quaternary nitrogens is 1. The van der Waals surface area contributed by atoms with E-state index in [0.29, 0.717) is 17.4 Å². The van der Waals surface area contributed by atoms with Crippen LogP contribution in [-0.4, -0.2) is 48.6 Å². The molecule has 0 bridgehead atoms. The fourth-order valence-electron chi connectivity index (χ4n) is 2.89. The second-order valence-corrected chi connectivity index (χ2v) is 7.38. The van der Waals surface area contributed by atoms with E-state index in [9.17, 15) is 15.0 Å². The number of hydrogen-bond acceptors (Lipinski definition) is 4. The van der Waals surface area contributed by atoms with E-state index in [1.54, 1.807) is 12.1 Å². The molecule has 0 aromatic heterocycles. The highest BCUT2D eigenvalue weighted by Gasteiger charge is 2.36. The summed E-state index contributed by atoms with van der Waals surface area (Å²) in [5.41, 5.74) is 1.32. The van der Waals surface area contributed by atoms with Crippen LogP contribution in [0.15, 0.2) is 12.1 Å². The minimum atomic E-state index is -0.537. The lowest BCUT2D eigenvalue weighted by Crippen LogP contribution is -2.56. The number of carbonyl (C=O) groups is 1. The number of hydrogen-bond donors (Lipinski definition) is 3. The van der Waals surface area contributed by atoms with E-state index in [2.05, 4.69) is 5.32 Å². The van der Waals surface area contributed by atoms with Crippen LogP contribution in [0.5, 0.6) is 11.5 Å². The standard InChI is InChI=1S/C16H24N2O4/c1-16(2,3)22-15(21)17-11-6-10-7-13(19)14(20)8-12(10)18(4,5)9-11/h7-8,11H,6,9H2,1-5H3,(H2-,17,19,20,21)/p+1/t11-/m0/s1. The molecule has 2 rings (SSSR count). The Balaban J connectivity index is 2.19. The van der Waals surface area contributed by atoms with Gasteiger partial charge < -0.3 is 20.3 Å². The van der Waals surface area contributed by atoms with E-state index in [1.165, 1.54) is 0 Å². The number of alkyl carbamates (subject to hydrolysis) is 1. The fraction of sp³-hybridized carbons (Fsp3) is 0.562. The van der Waals surface area contributed by atoms with Crippen LogP contribution < -0.4 is 9.80 Å². The quantitative estimate of drug-likeness (QED) is 0.548. The molecular weight excluding hydrogens is 284 g/mol. The van der Waals surface area contributed by atoms with Crippen LogP contribution in [0.25, 0.3) is 0 Å². The van der Waals surface area contributed by atoms with E-state index >= 15 is 0 Å². The molecule has 0 unspecified atom stereocenters. The number of aromatic hydroxyl groups is 2. The molecule has 3 N–H and O–H groups in total. The summed E-state index contributed by atoms with van der Waals surface area (Å²) in [6.07, 6.45) is 0.147. The molecule has 1 amide bonds. The summed E-state index contributed by atoms with van der Waals surface area (Å²) >= 11 is 0. The molecule has 0 aliphatic carbocycles. The van der Waals surface area contributed by atoms with E-state index in [-0.39, 0.29) is 17.5 Å². The number of ether oxygens (including phenoxy) is 1. The first kappa shape index (κ1) is 16.4. The first-order valence-electron chi connectivity index (χ1n) is 7.36. The third kappa shape index (κ3) is 3.62. The molecule has 22 heavy (non-hydrogen) atoms. The van der Waals surface area contributed by atoms with E-state index in [1.807, 2.05) is 34.9 Å². The van der Waals surface area contributed by atoms with Gasteiger partial charge in [-0.1, -0.05) is 0 Å². The summed E-state index contributed by atoms with van der Waals surface area (Å²) in [7, 11) is 4.00. The number of fused-ring (bicyclic) bond motifs is 1. The van der Waals surface area contributed by atoms with Crippen molar-refractivity contribution in [3.05, 3.63) is 17.7 Å². The van der Waals surface area contributed by atoms with E-state index in [4.69, 9.17) is 4.74 Å². The Morgan fingerprint density at radius 3 is 2.45 bits per heavy atom. The average Bonchev–Trinajstić information content (AvgIpc) is 2.28. The van der Waals surface area contributed by atoms with Crippen molar-refractivity contribution in [1.82, 2.24) is 9.80 Å². The number of benzene rings is 1. The van der Waals surface area contributed by atoms with Crippen LogP contribution in [-0.2, 0) is 11.2 Å². The molecule has 6 heteroatoms. The molecule has 1 atom stereocenters. The Kier molecular flexibility index (Phi) is 4.00. The van der Waals surface area contributed by atoms with Gasteiger partial charge in [-0.05, 0) is 26.8 Å². The van der Waals surface area contributed by atoms with Crippen molar-refractivity contribution in [2.45, 2.75) is 38.8 Å². The van der Waals surface area contributed by atoms with Crippen molar-refractivity contribution >= 4 is 11.8 Å². The van der Waals surface area contributed by atoms with Crippen molar-refractivity contribution in [3.63, 3.8) is 0 Å². The van der Waals surface area contributed by atoms with Crippen molar-refractivity contribution in [2.75, 3.05) is 20.6 Å². The predicted molar refractivity (Wildman–Crippen MR) is 85.1 cm³/mol. The van der Waals surface area contributed by atoms with Crippen LogP contribution in [0.2, 0.25) is 0 Å². The van der Waals surface area contributed by atoms with Crippen molar-refractivity contribution < 1.29 is 19.7 Å². The summed E-state index contributed by atoms with van der Waals surface area (Å²) in [6, 6.07) is 3.06. The number of nitrogens with zero attached hydrogens (tertiary/aromatic N) is 1. The lowest BCUT2D eigenvalue weighted by Gasteiger charge is -2.39. The zero-order valence-corrected chi connectivity index (χ0v) is 13.8. The molecule has 0 radical (unpaired) electrons. The second-order valence-electron chi connectivity index (χ2n) is 7.38. The van der Waals surface area contributed by atoms with Gasteiger partial charge in [-0.15, -0.1) is 0 Å². The van der Waals surface area contributed by atoms with Crippen LogP contribution in [0.3, 0.4) is 0 Å². The van der Waals surface area contributed by atoms with Gasteiger partial charge in [0.05, 0.1) is 20.1 Å². The Hall–Kier alpha value is -1.95. The van der Waals surface area contributed by atoms with Gasteiger partial charge in [-0.2, -0.15) is 0 Å². The highest BCUT2D eigenvalue weighted by Crippen LogP contribution is 2.38. The number of phenols is 2. The van der Waals surface area contributed by atoms with Gasteiger partial charge in [-0.25, -0.2) is 4.79 Å². The predicted octanol–water partition coefficient (Wildman–Crippen LogP) is 2.11. The van der Waals surface area contributed by atoms with Crippen LogP contribution in [0.4, 0.5) is 10.5 Å². The number of likely N-dealkylation sites (N-methyl/N-ethyl adjacent to an activating group) is 1. The highest BCUT2D eigenvalue weighted by molar-refractivity contribution is 5.69. The molecule has 0 saturated heterocycles. The zero-order chi connectivity index (χ0) is 16.7. The highest BCUT2D eigenvalue weighted by atomic mass is 16.6. The molecule has 1 aliphatic heterocycles. The first-order chi connectivity index (χ1) is 9.98. The molecule has 1 aromatic rings. The molecule has 0 fully saturated rings. The minimum Gasteiger partial charge on any atom is -0.504 e. The smallest absolute Gasteiger partial charge is 0.408 e. The Bertz CT molecular complexity index is 591. The van der Waals surface area contributed by atoms with Crippen LogP contribution in [0.1, 0.15) is 26.3 Å². The monoisotopic (exact) mass is 309 g/mol. The van der Waals surface area contributed by atoms with Crippen LogP contribution >= 0.6 is 0 Å². The number of carbonyl (C=O) groups excluding carboxylic acids is 1. The normalized spacial score (nSPS) is 20.1. The Morgan fingerprint density at radius 2 is 1.86 bits per heavy atom. The van der Waals surface area contributed by atoms with Crippen molar-refractivity contribution in [3.8, 4) is 11.5 Å². The summed E-state index contributed by atoms with van der Waals surface area (Å²) < 4.78 is 5.80. The Morgan fingerprint density at radius 1 is 1.27 bits per heavy atom. The van der Waals surface area contributed by atoms with Gasteiger partial charge in [0.25, 0.3) is 0 Å². The van der Waals surface area contributed by atoms with Crippen molar-refractivity contribution in [2.24, 2.45) is 0 Å². The third-order valence-corrected chi connectivity index (χ3v) is 3.69. The molecule has 122 valence electrons. The van der Waals surface area contributed by atoms with Gasteiger partial charge in [0.15, 0.2) is 11.5 Å². The molecule has 0 spiro atoms. The minimum absolute atomic E-state index is 0.0960. The molecular formula is C16H25N2O4+. The third-order valence-electron chi connectivity index (χ3n) is 3.69. The maximum absolute atomic E-state index is 11.9. The molecule has 1 heterocycles. The lowest BCUT2D eigenvalue weighted by molar-refractivity contribution is 0.0494. The number of amides is 1. The topological polar surface area (TPSA) is 78.8 Å². The lowest BCUT2D eigenvalue weighted by atomic mass is 9.96. The summed E-state index contributed by atoms with van der Waals surface area (Å²) in [5, 5.41) is 22.3. The molecule has 6 nitrogen and oxygen atoms in total. The van der Waals surface area contributed by atoms with Gasteiger partial charge in [0.2, 0.25) is 0 Å². The van der Waals surface area contributed by atoms with Gasteiger partial charge in [-0.3, -0.25) is 4.48 Å². The summed E-state index contributed by atoms with van der Waals surface area (Å²) in [5.74, 6) is -0.264. The van der Waals surface area contributed by atoms with Gasteiger partial charge >= 0.3 is 6.09 Å². The van der Waals surface area contributed by atoms with E-state index in [0.717, 1.165) is 11.3 Å². The van der Waals surface area contributed by atoms with Crippen molar-refractivity contribution in [1.29, 1.82) is 0 Å². The van der Waals surface area contributed by atoms with E-state index < -0.39 is 11.7 Å². The molecule has 1 aliphatic rings. The Labute approximate surface area is 130 Å². The molecule has 0 saturated carbocycles. The maximum atomic E-state index is 11.9. The van der Waals surface area contributed by atoms with Gasteiger partial charge in [0, 0.05) is 18.1 Å². The number of nitrogens with one attached hydrogen (secondary N) is 1. The first-order valence-corrected chi connectivity index (χ1v) is 7.36. The maximum Gasteiger partial charge on any atom is 0.408 e. The second kappa shape index (κ2) is 5.35. The summed E-state index contributed by atoms with van der Waals surface area (Å²) in [4.78, 5) is 11.9. The largest absolute Gasteiger partial charge is 0.504 e. The van der Waals surface area contributed by atoms with Crippen LogP contribution in [0, 0.1) is 0 Å². The average molecular weight is 309 g/mol. The summed E-state index contributed by atoms with van der Waals surface area (Å²) in [6.45, 7) is 6.15. The fourth-order valence-corrected chi connectivity index (χ4v) is 2.89.